The van der Waals surface area contributed by atoms with Gasteiger partial charge in [-0.1, -0.05) is 31.8 Å². The molecule has 1 aliphatic heterocycles. The fourth-order valence-electron chi connectivity index (χ4n) is 3.06. The molecule has 1 aromatic carbocycles. The number of nitrogens with zero attached hydrogens (tertiary/aromatic N) is 1. The van der Waals surface area contributed by atoms with Crippen molar-refractivity contribution in [3.05, 3.63) is 24.3 Å². The summed E-state index contributed by atoms with van der Waals surface area (Å²) in [6, 6.07) is 8.03. The van der Waals surface area contributed by atoms with Crippen LogP contribution in [0.4, 0.5) is 0 Å². The van der Waals surface area contributed by atoms with Gasteiger partial charge in [-0.3, -0.25) is 4.90 Å². The Hall–Kier alpha value is -1.04. The largest absolute Gasteiger partial charge is 0.491 e. The number of morpholine rings is 1. The van der Waals surface area contributed by atoms with Gasteiger partial charge in [-0.25, -0.2) is 0 Å². The van der Waals surface area contributed by atoms with Gasteiger partial charge in [0.2, 0.25) is 0 Å². The van der Waals surface area contributed by atoms with E-state index in [4.69, 9.17) is 14.2 Å². The van der Waals surface area contributed by atoms with Gasteiger partial charge in [0.05, 0.1) is 26.0 Å². The number of benzene rings is 1. The lowest BCUT2D eigenvalue weighted by atomic mass is 10.2. The Labute approximate surface area is 154 Å². The second kappa shape index (κ2) is 8.56. The summed E-state index contributed by atoms with van der Waals surface area (Å²) in [4.78, 5) is 2.43. The van der Waals surface area contributed by atoms with Crippen molar-refractivity contribution < 1.29 is 14.2 Å². The maximum atomic E-state index is 6.24. The molecular formula is C20H35NO3Si. The molecule has 25 heavy (non-hydrogen) atoms. The van der Waals surface area contributed by atoms with Crippen molar-refractivity contribution >= 4 is 8.07 Å². The minimum absolute atomic E-state index is 0.101. The number of rotatable bonds is 7. The molecule has 142 valence electrons. The smallest absolute Gasteiger partial charge is 0.161 e. The van der Waals surface area contributed by atoms with Crippen molar-refractivity contribution in [2.24, 2.45) is 0 Å². The summed E-state index contributed by atoms with van der Waals surface area (Å²) < 4.78 is 18.3. The van der Waals surface area contributed by atoms with Gasteiger partial charge >= 0.3 is 0 Å². The minimum Gasteiger partial charge on any atom is -0.491 e. The van der Waals surface area contributed by atoms with Crippen LogP contribution in [0.3, 0.4) is 0 Å². The van der Waals surface area contributed by atoms with E-state index >= 15 is 0 Å². The molecule has 0 aliphatic carbocycles. The molecule has 4 nitrogen and oxygen atoms in total. The maximum absolute atomic E-state index is 6.24. The maximum Gasteiger partial charge on any atom is 0.161 e. The molecule has 4 unspecified atom stereocenters. The van der Waals surface area contributed by atoms with E-state index in [1.807, 2.05) is 24.3 Å². The second-order valence-electron chi connectivity index (χ2n) is 8.48. The lowest BCUT2D eigenvalue weighted by Crippen LogP contribution is -2.48. The molecule has 0 bridgehead atoms. The minimum atomic E-state index is -1.36. The third-order valence-corrected chi connectivity index (χ3v) is 7.27. The molecule has 1 aromatic rings. The first kappa shape index (κ1) is 20.3. The molecule has 1 fully saturated rings. The average molecular weight is 366 g/mol. The molecule has 0 saturated carbocycles. The second-order valence-corrected chi connectivity index (χ2v) is 14.0. The van der Waals surface area contributed by atoms with Gasteiger partial charge in [-0.15, -0.1) is 0 Å². The van der Waals surface area contributed by atoms with Gasteiger partial charge in [0, 0.05) is 19.6 Å². The van der Waals surface area contributed by atoms with Crippen molar-refractivity contribution in [1.82, 2.24) is 4.90 Å². The molecule has 0 amide bonds. The van der Waals surface area contributed by atoms with Gasteiger partial charge in [-0.2, -0.15) is 0 Å². The van der Waals surface area contributed by atoms with Gasteiger partial charge in [-0.05, 0) is 39.8 Å². The fourth-order valence-corrected chi connectivity index (χ4v) is 3.54. The Morgan fingerprint density at radius 2 is 1.56 bits per heavy atom. The highest BCUT2D eigenvalue weighted by molar-refractivity contribution is 6.77. The Kier molecular flexibility index (Phi) is 6.94. The van der Waals surface area contributed by atoms with Crippen LogP contribution in [0.1, 0.15) is 27.7 Å². The van der Waals surface area contributed by atoms with Crippen LogP contribution < -0.4 is 9.47 Å². The van der Waals surface area contributed by atoms with Crippen LogP contribution in [0.2, 0.25) is 19.6 Å². The van der Waals surface area contributed by atoms with Crippen LogP contribution in [0.15, 0.2) is 24.3 Å². The van der Waals surface area contributed by atoms with Crippen molar-refractivity contribution in [1.29, 1.82) is 0 Å². The van der Waals surface area contributed by atoms with E-state index in [2.05, 4.69) is 52.2 Å². The third-order valence-electron chi connectivity index (χ3n) is 4.71. The zero-order valence-corrected chi connectivity index (χ0v) is 17.9. The predicted octanol–water partition coefficient (Wildman–Crippen LogP) is 4.21. The van der Waals surface area contributed by atoms with E-state index < -0.39 is 8.07 Å². The van der Waals surface area contributed by atoms with E-state index in [1.165, 1.54) is 0 Å². The van der Waals surface area contributed by atoms with Crippen LogP contribution >= 0.6 is 0 Å². The van der Waals surface area contributed by atoms with Crippen LogP contribution in [-0.2, 0) is 4.74 Å². The summed E-state index contributed by atoms with van der Waals surface area (Å²) in [7, 11) is -1.36. The van der Waals surface area contributed by atoms with Crippen LogP contribution in [0, 0.1) is 0 Å². The van der Waals surface area contributed by atoms with Crippen molar-refractivity contribution in [2.45, 2.75) is 71.4 Å². The molecule has 0 radical (unpaired) electrons. The normalized spacial score (nSPS) is 24.6. The molecule has 4 atom stereocenters. The number of hydrogen-bond acceptors (Lipinski definition) is 4. The van der Waals surface area contributed by atoms with Crippen LogP contribution in [-0.4, -0.2) is 56.6 Å². The summed E-state index contributed by atoms with van der Waals surface area (Å²) in [5.74, 6) is 1.70. The van der Waals surface area contributed by atoms with E-state index in [1.54, 1.807) is 0 Å². The molecule has 0 N–H and O–H groups in total. The summed E-state index contributed by atoms with van der Waals surface area (Å²) >= 11 is 0. The third kappa shape index (κ3) is 6.32. The molecule has 1 heterocycles. The topological polar surface area (TPSA) is 30.9 Å². The average Bonchev–Trinajstić information content (AvgIpc) is 2.47. The van der Waals surface area contributed by atoms with E-state index in [9.17, 15) is 0 Å². The molecule has 0 spiro atoms. The van der Waals surface area contributed by atoms with Crippen molar-refractivity contribution in [3.63, 3.8) is 0 Å². The standard InChI is InChI=1S/C20H35NO3Si/c1-15-12-21(13-16(2)22-15)14-17(3)23-19-10-8-9-11-20(19)24-18(4)25(5,6)7/h8-11,15-18H,12-14H2,1-7H3. The van der Waals surface area contributed by atoms with Crippen molar-refractivity contribution in [3.8, 4) is 11.5 Å². The highest BCUT2D eigenvalue weighted by atomic mass is 28.3. The first-order valence-electron chi connectivity index (χ1n) is 9.45. The molecule has 1 aliphatic rings. The van der Waals surface area contributed by atoms with Gasteiger partial charge in [0.15, 0.2) is 11.5 Å². The van der Waals surface area contributed by atoms with Gasteiger partial charge < -0.3 is 14.2 Å². The summed E-state index contributed by atoms with van der Waals surface area (Å²) in [5, 5.41) is 0. The number of ether oxygens (including phenoxy) is 3. The van der Waals surface area contributed by atoms with E-state index in [0.29, 0.717) is 0 Å². The first-order chi connectivity index (χ1) is 11.6. The van der Waals surface area contributed by atoms with Gasteiger partial charge in [0.25, 0.3) is 0 Å². The first-order valence-corrected chi connectivity index (χ1v) is 13.0. The SMILES string of the molecule is CC(CN1CC(C)OC(C)C1)Oc1ccccc1OC(C)[Si](C)(C)C. The van der Waals surface area contributed by atoms with Crippen molar-refractivity contribution in [2.75, 3.05) is 19.6 Å². The summed E-state index contributed by atoms with van der Waals surface area (Å²) in [6.07, 6.45) is 0.665. The predicted molar refractivity (Wildman–Crippen MR) is 106 cm³/mol. The van der Waals surface area contributed by atoms with E-state index in [0.717, 1.165) is 31.1 Å². The highest BCUT2D eigenvalue weighted by Gasteiger charge is 2.26. The zero-order chi connectivity index (χ0) is 18.6. The molecular weight excluding hydrogens is 330 g/mol. The summed E-state index contributed by atoms with van der Waals surface area (Å²) in [6.45, 7) is 18.4. The van der Waals surface area contributed by atoms with Crippen LogP contribution in [0.5, 0.6) is 11.5 Å². The number of para-hydroxylation sites is 2. The lowest BCUT2D eigenvalue weighted by Gasteiger charge is -2.36. The van der Waals surface area contributed by atoms with E-state index in [-0.39, 0.29) is 24.0 Å². The molecule has 2 rings (SSSR count). The quantitative estimate of drug-likeness (QED) is 0.677. The summed E-state index contributed by atoms with van der Waals surface area (Å²) in [5.41, 5.74) is 0.244. The fraction of sp³-hybridized carbons (Fsp3) is 0.700. The number of hydrogen-bond donors (Lipinski definition) is 0. The Morgan fingerprint density at radius 3 is 2.08 bits per heavy atom. The van der Waals surface area contributed by atoms with Gasteiger partial charge in [0.1, 0.15) is 6.10 Å². The Balaban J connectivity index is 1.97. The monoisotopic (exact) mass is 365 g/mol. The zero-order valence-electron chi connectivity index (χ0n) is 16.9. The molecule has 0 aromatic heterocycles. The lowest BCUT2D eigenvalue weighted by molar-refractivity contribution is -0.0741. The van der Waals surface area contributed by atoms with Crippen LogP contribution in [0.25, 0.3) is 0 Å². The Morgan fingerprint density at radius 1 is 1.04 bits per heavy atom. The highest BCUT2D eigenvalue weighted by Crippen LogP contribution is 2.30. The molecule has 5 heteroatoms. The molecule has 1 saturated heterocycles. The Bertz CT molecular complexity index is 536.